The molecule has 0 aliphatic carbocycles. The van der Waals surface area contributed by atoms with Gasteiger partial charge in [-0.1, -0.05) is 12.1 Å². The summed E-state index contributed by atoms with van der Waals surface area (Å²) in [6.07, 6.45) is 6.54. The summed E-state index contributed by atoms with van der Waals surface area (Å²) in [4.78, 5) is 15.8. The normalized spacial score (nSPS) is 15.8. The van der Waals surface area contributed by atoms with Gasteiger partial charge in [-0.2, -0.15) is 0 Å². The van der Waals surface area contributed by atoms with Crippen molar-refractivity contribution in [3.05, 3.63) is 52.6 Å². The van der Waals surface area contributed by atoms with Gasteiger partial charge in [-0.05, 0) is 49.3 Å². The number of carbonyl (C=O) groups excluding carboxylic acids is 1. The van der Waals surface area contributed by atoms with E-state index in [1.807, 2.05) is 29.3 Å². The van der Waals surface area contributed by atoms with Crippen molar-refractivity contribution in [3.63, 3.8) is 0 Å². The highest BCUT2D eigenvalue weighted by Crippen LogP contribution is 2.27. The number of piperidine rings is 1. The average Bonchev–Trinajstić information content (AvgIpc) is 3.31. The quantitative estimate of drug-likeness (QED) is 0.704. The predicted octanol–water partition coefficient (Wildman–Crippen LogP) is 3.52. The fourth-order valence-corrected chi connectivity index (χ4v) is 4.30. The van der Waals surface area contributed by atoms with Crippen molar-refractivity contribution in [3.8, 4) is 0 Å². The van der Waals surface area contributed by atoms with Crippen LogP contribution in [0.15, 0.2) is 41.9 Å². The second-order valence-electron chi connectivity index (χ2n) is 6.58. The number of thiophene rings is 1. The molecular formula is C19H22N4OS. The monoisotopic (exact) mass is 354 g/mol. The van der Waals surface area contributed by atoms with Crippen molar-refractivity contribution < 1.29 is 4.79 Å². The molecule has 5 nitrogen and oxygen atoms in total. The van der Waals surface area contributed by atoms with Crippen LogP contribution in [0, 0.1) is 0 Å². The predicted molar refractivity (Wildman–Crippen MR) is 98.8 cm³/mol. The Hall–Kier alpha value is -2.21. The molecular weight excluding hydrogens is 332 g/mol. The standard InChI is InChI=1S/C19H22N4OS/c24-18(8-3-5-16-6-4-14-25-16)22-12-9-15(10-13-22)19-21-20-17-7-1-2-11-23(17)19/h1-2,4,6-7,11,14-15H,3,5,8-10,12-13H2. The Morgan fingerprint density at radius 1 is 1.16 bits per heavy atom. The van der Waals surface area contributed by atoms with Gasteiger partial charge in [0.2, 0.25) is 5.91 Å². The summed E-state index contributed by atoms with van der Waals surface area (Å²) in [7, 11) is 0. The summed E-state index contributed by atoms with van der Waals surface area (Å²) in [6.45, 7) is 1.65. The first-order valence-electron chi connectivity index (χ1n) is 8.91. The fraction of sp³-hybridized carbons (Fsp3) is 0.421. The van der Waals surface area contributed by atoms with E-state index in [-0.39, 0.29) is 0 Å². The number of rotatable bonds is 5. The molecule has 1 fully saturated rings. The minimum Gasteiger partial charge on any atom is -0.343 e. The van der Waals surface area contributed by atoms with Crippen LogP contribution < -0.4 is 0 Å². The third kappa shape index (κ3) is 3.58. The van der Waals surface area contributed by atoms with Crippen LogP contribution in [0.1, 0.15) is 42.3 Å². The number of pyridine rings is 1. The van der Waals surface area contributed by atoms with Gasteiger partial charge >= 0.3 is 0 Å². The molecule has 0 aromatic carbocycles. The number of amides is 1. The van der Waals surface area contributed by atoms with Gasteiger partial charge in [0.1, 0.15) is 5.82 Å². The van der Waals surface area contributed by atoms with Gasteiger partial charge in [0.05, 0.1) is 0 Å². The fourth-order valence-electron chi connectivity index (χ4n) is 3.55. The Balaban J connectivity index is 1.29. The molecule has 3 aromatic rings. The SMILES string of the molecule is O=C(CCCc1cccs1)N1CCC(c2nnc3ccccn23)CC1. The number of hydrogen-bond acceptors (Lipinski definition) is 4. The van der Waals surface area contributed by atoms with Gasteiger partial charge in [-0.15, -0.1) is 21.5 Å². The zero-order valence-electron chi connectivity index (χ0n) is 14.2. The molecule has 0 unspecified atom stereocenters. The zero-order chi connectivity index (χ0) is 17.1. The molecule has 0 radical (unpaired) electrons. The first kappa shape index (κ1) is 16.3. The summed E-state index contributed by atoms with van der Waals surface area (Å²) in [5, 5.41) is 10.7. The number of fused-ring (bicyclic) bond motifs is 1. The molecule has 1 aliphatic heterocycles. The van der Waals surface area contributed by atoms with Crippen LogP contribution in [0.2, 0.25) is 0 Å². The van der Waals surface area contributed by atoms with Gasteiger partial charge in [0.15, 0.2) is 5.65 Å². The van der Waals surface area contributed by atoms with Crippen molar-refractivity contribution >= 4 is 22.9 Å². The molecule has 1 saturated heterocycles. The van der Waals surface area contributed by atoms with Crippen molar-refractivity contribution in [2.45, 2.75) is 38.0 Å². The van der Waals surface area contributed by atoms with E-state index in [2.05, 4.69) is 32.1 Å². The van der Waals surface area contributed by atoms with Gasteiger partial charge in [0.25, 0.3) is 0 Å². The van der Waals surface area contributed by atoms with E-state index in [9.17, 15) is 4.79 Å². The average molecular weight is 354 g/mol. The first-order chi connectivity index (χ1) is 12.3. The largest absolute Gasteiger partial charge is 0.343 e. The topological polar surface area (TPSA) is 50.5 Å². The van der Waals surface area contributed by atoms with E-state index in [1.54, 1.807) is 11.3 Å². The Kier molecular flexibility index (Phi) is 4.78. The minimum atomic E-state index is 0.293. The van der Waals surface area contributed by atoms with Gasteiger partial charge < -0.3 is 4.90 Å². The second kappa shape index (κ2) is 7.35. The summed E-state index contributed by atoms with van der Waals surface area (Å²) < 4.78 is 2.07. The Morgan fingerprint density at radius 2 is 2.04 bits per heavy atom. The number of hydrogen-bond donors (Lipinski definition) is 0. The molecule has 0 N–H and O–H groups in total. The molecule has 0 saturated carbocycles. The Morgan fingerprint density at radius 3 is 2.84 bits per heavy atom. The van der Waals surface area contributed by atoms with Crippen LogP contribution in [0.4, 0.5) is 0 Å². The maximum Gasteiger partial charge on any atom is 0.222 e. The third-order valence-corrected chi connectivity index (χ3v) is 5.88. The highest BCUT2D eigenvalue weighted by Gasteiger charge is 2.26. The Labute approximate surface area is 151 Å². The van der Waals surface area contributed by atoms with Crippen LogP contribution >= 0.6 is 11.3 Å². The summed E-state index contributed by atoms with van der Waals surface area (Å²) >= 11 is 1.77. The van der Waals surface area contributed by atoms with Crippen LogP contribution in [0.5, 0.6) is 0 Å². The summed E-state index contributed by atoms with van der Waals surface area (Å²) in [6, 6.07) is 10.2. The molecule has 4 rings (SSSR count). The van der Waals surface area contributed by atoms with Crippen molar-refractivity contribution in [1.82, 2.24) is 19.5 Å². The number of aryl methyl sites for hydroxylation is 1. The van der Waals surface area contributed by atoms with E-state index >= 15 is 0 Å². The van der Waals surface area contributed by atoms with Gasteiger partial charge in [-0.25, -0.2) is 0 Å². The van der Waals surface area contributed by atoms with Crippen molar-refractivity contribution in [1.29, 1.82) is 0 Å². The summed E-state index contributed by atoms with van der Waals surface area (Å²) in [5.74, 6) is 1.70. The summed E-state index contributed by atoms with van der Waals surface area (Å²) in [5.41, 5.74) is 0.893. The molecule has 25 heavy (non-hydrogen) atoms. The number of aromatic nitrogens is 3. The molecule has 1 aliphatic rings. The zero-order valence-corrected chi connectivity index (χ0v) is 15.0. The maximum atomic E-state index is 12.4. The van der Waals surface area contributed by atoms with Crippen LogP contribution in [-0.2, 0) is 11.2 Å². The van der Waals surface area contributed by atoms with Crippen molar-refractivity contribution in [2.75, 3.05) is 13.1 Å². The van der Waals surface area contributed by atoms with Gasteiger partial charge in [-0.3, -0.25) is 9.20 Å². The minimum absolute atomic E-state index is 0.293. The highest BCUT2D eigenvalue weighted by molar-refractivity contribution is 7.09. The smallest absolute Gasteiger partial charge is 0.222 e. The number of likely N-dealkylation sites (tertiary alicyclic amines) is 1. The molecule has 0 spiro atoms. The Bertz CT molecular complexity index is 834. The van der Waals surface area contributed by atoms with Gasteiger partial charge in [0, 0.05) is 36.5 Å². The number of carbonyl (C=O) groups is 1. The van der Waals surface area contributed by atoms with E-state index in [4.69, 9.17) is 0 Å². The van der Waals surface area contributed by atoms with E-state index in [0.29, 0.717) is 18.2 Å². The lowest BCUT2D eigenvalue weighted by Gasteiger charge is -2.31. The lowest BCUT2D eigenvalue weighted by atomic mass is 9.95. The van der Waals surface area contributed by atoms with E-state index < -0.39 is 0 Å². The van der Waals surface area contributed by atoms with E-state index in [1.165, 1.54) is 4.88 Å². The maximum absolute atomic E-state index is 12.4. The van der Waals surface area contributed by atoms with Crippen LogP contribution in [0.25, 0.3) is 5.65 Å². The molecule has 130 valence electrons. The van der Waals surface area contributed by atoms with Crippen LogP contribution in [0.3, 0.4) is 0 Å². The second-order valence-corrected chi connectivity index (χ2v) is 7.61. The molecule has 4 heterocycles. The lowest BCUT2D eigenvalue weighted by Crippen LogP contribution is -2.38. The first-order valence-corrected chi connectivity index (χ1v) is 9.79. The third-order valence-electron chi connectivity index (χ3n) is 4.95. The molecule has 0 bridgehead atoms. The molecule has 3 aromatic heterocycles. The van der Waals surface area contributed by atoms with Crippen molar-refractivity contribution in [2.24, 2.45) is 0 Å². The number of nitrogens with zero attached hydrogens (tertiary/aromatic N) is 4. The molecule has 1 amide bonds. The van der Waals surface area contributed by atoms with E-state index in [0.717, 1.165) is 50.2 Å². The van der Waals surface area contributed by atoms with Crippen LogP contribution in [-0.4, -0.2) is 38.5 Å². The molecule has 6 heteroatoms. The lowest BCUT2D eigenvalue weighted by molar-refractivity contribution is -0.132. The molecule has 0 atom stereocenters. The highest BCUT2D eigenvalue weighted by atomic mass is 32.1.